The molecular formula is C28H31N3O2. The maximum atomic E-state index is 12.8. The van der Waals surface area contributed by atoms with Gasteiger partial charge in [-0.3, -0.25) is 4.79 Å². The normalized spacial score (nSPS) is 12.0. The number of imidazole rings is 1. The summed E-state index contributed by atoms with van der Waals surface area (Å²) in [6.45, 7) is 9.52. The number of hydrogen-bond acceptors (Lipinski definition) is 3. The first-order valence-corrected chi connectivity index (χ1v) is 11.4. The first kappa shape index (κ1) is 22.6. The molecule has 4 rings (SSSR count). The van der Waals surface area contributed by atoms with Crippen molar-refractivity contribution < 1.29 is 9.53 Å². The van der Waals surface area contributed by atoms with E-state index in [0.717, 1.165) is 41.1 Å². The molecule has 1 aromatic heterocycles. The number of fused-ring (bicyclic) bond motifs is 1. The molecule has 1 unspecified atom stereocenters. The Morgan fingerprint density at radius 1 is 0.970 bits per heavy atom. The van der Waals surface area contributed by atoms with Gasteiger partial charge in [0.05, 0.1) is 23.7 Å². The van der Waals surface area contributed by atoms with Gasteiger partial charge in [-0.05, 0) is 81.6 Å². The summed E-state index contributed by atoms with van der Waals surface area (Å²) in [6.07, 6.45) is 0.832. The third-order valence-electron chi connectivity index (χ3n) is 5.72. The second-order valence-corrected chi connectivity index (χ2v) is 8.70. The number of nitrogens with one attached hydrogen (secondary N) is 1. The van der Waals surface area contributed by atoms with Crippen molar-refractivity contribution in [1.29, 1.82) is 0 Å². The number of aryl methyl sites for hydroxylation is 4. The van der Waals surface area contributed by atoms with Gasteiger partial charge in [-0.25, -0.2) is 4.98 Å². The Hall–Kier alpha value is -3.60. The van der Waals surface area contributed by atoms with Gasteiger partial charge in [-0.15, -0.1) is 0 Å². The first-order chi connectivity index (χ1) is 15.9. The van der Waals surface area contributed by atoms with Crippen LogP contribution in [0.1, 0.15) is 52.3 Å². The zero-order chi connectivity index (χ0) is 23.4. The van der Waals surface area contributed by atoms with Gasteiger partial charge in [0, 0.05) is 12.1 Å². The van der Waals surface area contributed by atoms with Crippen LogP contribution in [-0.4, -0.2) is 22.1 Å². The van der Waals surface area contributed by atoms with Gasteiger partial charge in [0.1, 0.15) is 11.6 Å². The Kier molecular flexibility index (Phi) is 6.78. The van der Waals surface area contributed by atoms with E-state index in [4.69, 9.17) is 9.72 Å². The van der Waals surface area contributed by atoms with E-state index >= 15 is 0 Å². The number of nitrogens with zero attached hydrogens (tertiary/aromatic N) is 2. The van der Waals surface area contributed by atoms with Crippen LogP contribution in [0.2, 0.25) is 0 Å². The molecule has 0 saturated heterocycles. The maximum Gasteiger partial charge on any atom is 0.251 e. The van der Waals surface area contributed by atoms with Crippen LogP contribution in [0.4, 0.5) is 0 Å². The molecule has 5 heteroatoms. The molecule has 1 N–H and O–H groups in total. The Bertz CT molecular complexity index is 1240. The van der Waals surface area contributed by atoms with Crippen LogP contribution in [0, 0.1) is 20.8 Å². The van der Waals surface area contributed by atoms with Crippen LogP contribution in [-0.2, 0) is 6.54 Å². The lowest BCUT2D eigenvalue weighted by Crippen LogP contribution is -2.28. The Labute approximate surface area is 195 Å². The molecule has 1 heterocycles. The third kappa shape index (κ3) is 5.43. The van der Waals surface area contributed by atoms with E-state index in [1.807, 2.05) is 56.3 Å². The monoisotopic (exact) mass is 441 g/mol. The molecular weight excluding hydrogens is 410 g/mol. The molecule has 5 nitrogen and oxygen atoms in total. The van der Waals surface area contributed by atoms with Gasteiger partial charge in [0.15, 0.2) is 0 Å². The highest BCUT2D eigenvalue weighted by molar-refractivity contribution is 5.94. The van der Waals surface area contributed by atoms with Crippen molar-refractivity contribution in [3.05, 3.63) is 94.8 Å². The fourth-order valence-electron chi connectivity index (χ4n) is 4.14. The Morgan fingerprint density at radius 2 is 1.67 bits per heavy atom. The van der Waals surface area contributed by atoms with Crippen molar-refractivity contribution in [2.24, 2.45) is 0 Å². The molecule has 0 aliphatic carbocycles. The molecule has 1 amide bonds. The summed E-state index contributed by atoms with van der Waals surface area (Å²) in [5.41, 5.74) is 6.17. The zero-order valence-corrected chi connectivity index (χ0v) is 19.8. The van der Waals surface area contributed by atoms with Crippen molar-refractivity contribution in [2.75, 3.05) is 6.61 Å². The number of rotatable bonds is 8. The maximum absolute atomic E-state index is 12.8. The Balaban J connectivity index is 1.47. The van der Waals surface area contributed by atoms with E-state index in [1.165, 1.54) is 11.1 Å². The van der Waals surface area contributed by atoms with Crippen LogP contribution in [0.25, 0.3) is 11.0 Å². The molecule has 0 bridgehead atoms. The predicted octanol–water partition coefficient (Wildman–Crippen LogP) is 5.92. The van der Waals surface area contributed by atoms with Crippen molar-refractivity contribution in [3.63, 3.8) is 0 Å². The largest absolute Gasteiger partial charge is 0.494 e. The second-order valence-electron chi connectivity index (χ2n) is 8.70. The molecule has 33 heavy (non-hydrogen) atoms. The predicted molar refractivity (Wildman–Crippen MR) is 133 cm³/mol. The number of carbonyl (C=O) groups is 1. The van der Waals surface area contributed by atoms with Crippen LogP contribution < -0.4 is 10.1 Å². The number of benzene rings is 3. The van der Waals surface area contributed by atoms with E-state index in [0.29, 0.717) is 12.2 Å². The standard InChI is InChI=1S/C28H31N3O2/c1-19-10-12-23(13-11-19)28(32)29-22(4)27-30-25-8-5-6-9-26(25)31(27)14-7-15-33-24-17-20(2)16-21(3)18-24/h5-6,8-13,16-18,22H,7,14-15H2,1-4H3,(H,29,32). The fraction of sp³-hybridized carbons (Fsp3) is 0.286. The zero-order valence-electron chi connectivity index (χ0n) is 19.8. The number of amides is 1. The van der Waals surface area contributed by atoms with Gasteiger partial charge in [-0.1, -0.05) is 35.9 Å². The molecule has 4 aromatic rings. The van der Waals surface area contributed by atoms with Gasteiger partial charge in [0.2, 0.25) is 0 Å². The number of ether oxygens (including phenoxy) is 1. The average molecular weight is 442 g/mol. The van der Waals surface area contributed by atoms with Crippen LogP contribution in [0.15, 0.2) is 66.7 Å². The lowest BCUT2D eigenvalue weighted by atomic mass is 10.1. The number of para-hydroxylation sites is 2. The first-order valence-electron chi connectivity index (χ1n) is 11.4. The van der Waals surface area contributed by atoms with Crippen LogP contribution in [0.3, 0.4) is 0 Å². The van der Waals surface area contributed by atoms with E-state index in [-0.39, 0.29) is 11.9 Å². The molecule has 0 fully saturated rings. The second kappa shape index (κ2) is 9.90. The molecule has 0 aliphatic heterocycles. The average Bonchev–Trinajstić information content (AvgIpc) is 3.15. The lowest BCUT2D eigenvalue weighted by Gasteiger charge is -2.17. The highest BCUT2D eigenvalue weighted by Crippen LogP contribution is 2.22. The highest BCUT2D eigenvalue weighted by Gasteiger charge is 2.19. The van der Waals surface area contributed by atoms with Crippen molar-refractivity contribution in [1.82, 2.24) is 14.9 Å². The highest BCUT2D eigenvalue weighted by atomic mass is 16.5. The van der Waals surface area contributed by atoms with Crippen molar-refractivity contribution in [3.8, 4) is 5.75 Å². The number of carbonyl (C=O) groups excluding carboxylic acids is 1. The number of hydrogen-bond donors (Lipinski definition) is 1. The fourth-order valence-corrected chi connectivity index (χ4v) is 4.14. The minimum Gasteiger partial charge on any atom is -0.494 e. The van der Waals surface area contributed by atoms with E-state index in [2.05, 4.69) is 48.0 Å². The van der Waals surface area contributed by atoms with E-state index in [9.17, 15) is 4.79 Å². The quantitative estimate of drug-likeness (QED) is 0.345. The van der Waals surface area contributed by atoms with Gasteiger partial charge in [-0.2, -0.15) is 0 Å². The summed E-state index contributed by atoms with van der Waals surface area (Å²) < 4.78 is 8.20. The molecule has 0 radical (unpaired) electrons. The molecule has 0 saturated carbocycles. The smallest absolute Gasteiger partial charge is 0.251 e. The molecule has 1 atom stereocenters. The molecule has 0 aliphatic rings. The van der Waals surface area contributed by atoms with Crippen LogP contribution in [0.5, 0.6) is 5.75 Å². The van der Waals surface area contributed by atoms with Gasteiger partial charge < -0.3 is 14.6 Å². The third-order valence-corrected chi connectivity index (χ3v) is 5.72. The van der Waals surface area contributed by atoms with Crippen molar-refractivity contribution in [2.45, 2.75) is 46.7 Å². The van der Waals surface area contributed by atoms with Crippen molar-refractivity contribution >= 4 is 16.9 Å². The molecule has 0 spiro atoms. The summed E-state index contributed by atoms with van der Waals surface area (Å²) in [6, 6.07) is 21.7. The van der Waals surface area contributed by atoms with E-state index in [1.54, 1.807) is 0 Å². The van der Waals surface area contributed by atoms with Gasteiger partial charge in [0.25, 0.3) is 5.91 Å². The SMILES string of the molecule is Cc1ccc(C(=O)NC(C)c2nc3ccccc3n2CCCOc2cc(C)cc(C)c2)cc1. The molecule has 170 valence electrons. The summed E-state index contributed by atoms with van der Waals surface area (Å²) in [5.74, 6) is 1.66. The minimum atomic E-state index is -0.230. The Morgan fingerprint density at radius 3 is 2.39 bits per heavy atom. The van der Waals surface area contributed by atoms with Crippen LogP contribution >= 0.6 is 0 Å². The summed E-state index contributed by atoms with van der Waals surface area (Å²) >= 11 is 0. The lowest BCUT2D eigenvalue weighted by molar-refractivity contribution is 0.0937. The summed E-state index contributed by atoms with van der Waals surface area (Å²) in [5, 5.41) is 3.11. The van der Waals surface area contributed by atoms with E-state index < -0.39 is 0 Å². The number of aromatic nitrogens is 2. The summed E-state index contributed by atoms with van der Waals surface area (Å²) in [7, 11) is 0. The minimum absolute atomic E-state index is 0.0979. The molecule has 3 aromatic carbocycles. The topological polar surface area (TPSA) is 56.2 Å². The summed E-state index contributed by atoms with van der Waals surface area (Å²) in [4.78, 5) is 17.6. The van der Waals surface area contributed by atoms with Gasteiger partial charge >= 0.3 is 0 Å².